The highest BCUT2D eigenvalue weighted by atomic mass is 32.2. The lowest BCUT2D eigenvalue weighted by Crippen LogP contribution is -2.36. The molecule has 3 atom stereocenters. The zero-order valence-corrected chi connectivity index (χ0v) is 24.9. The van der Waals surface area contributed by atoms with Crippen LogP contribution < -0.4 is 31.7 Å². The van der Waals surface area contributed by atoms with Gasteiger partial charge >= 0.3 is 6.03 Å². The van der Waals surface area contributed by atoms with Crippen molar-refractivity contribution >= 4 is 46.7 Å². The fourth-order valence-electron chi connectivity index (χ4n) is 5.30. The van der Waals surface area contributed by atoms with Crippen LogP contribution in [0.2, 0.25) is 0 Å². The van der Waals surface area contributed by atoms with Gasteiger partial charge < -0.3 is 36.7 Å². The number of nitrogens with one attached hydrogen (secondary N) is 5. The third-order valence-electron chi connectivity index (χ3n) is 7.64. The number of benzene rings is 1. The predicted molar refractivity (Wildman–Crippen MR) is 164 cm³/mol. The number of aromatic nitrogens is 4. The molecule has 0 unspecified atom stereocenters. The maximum absolute atomic E-state index is 12.3. The number of unbranched alkanes of at least 4 members (excludes halogenated alkanes) is 3. The molecule has 4 heterocycles. The number of fused-ring (bicyclic) bond motifs is 2. The van der Waals surface area contributed by atoms with Crippen molar-refractivity contribution in [3.8, 4) is 5.88 Å². The SMILES string of the molecule is Nc1nc(OCc2ccc(CNC(=O)CCCCCNC(=O)CCCC[C@@H]3SC[C@@H]4NC(=O)N[C@@H]43)cc2)c2[nH]cnc2n1. The van der Waals surface area contributed by atoms with Crippen LogP contribution >= 0.6 is 11.8 Å². The highest BCUT2D eigenvalue weighted by molar-refractivity contribution is 8.00. The number of carbonyl (C=O) groups is 3. The van der Waals surface area contributed by atoms with Gasteiger partial charge in [0.05, 0.1) is 18.4 Å². The fraction of sp³-hybridized carbons (Fsp3) is 0.517. The molecule has 0 bridgehead atoms. The van der Waals surface area contributed by atoms with E-state index in [-0.39, 0.29) is 35.9 Å². The first-order chi connectivity index (χ1) is 20.9. The van der Waals surface area contributed by atoms with Gasteiger partial charge in [0.25, 0.3) is 0 Å². The molecule has 2 aliphatic heterocycles. The maximum Gasteiger partial charge on any atom is 0.315 e. The Balaban J connectivity index is 0.872. The Morgan fingerprint density at radius 1 is 0.977 bits per heavy atom. The Labute approximate surface area is 254 Å². The summed E-state index contributed by atoms with van der Waals surface area (Å²) in [6.07, 6.45) is 7.86. The molecule has 13 nitrogen and oxygen atoms in total. The van der Waals surface area contributed by atoms with Gasteiger partial charge in [0.2, 0.25) is 23.6 Å². The number of anilines is 1. The summed E-state index contributed by atoms with van der Waals surface area (Å²) in [6.45, 7) is 1.39. The van der Waals surface area contributed by atoms with Gasteiger partial charge in [-0.2, -0.15) is 21.7 Å². The number of urea groups is 1. The summed E-state index contributed by atoms with van der Waals surface area (Å²) in [4.78, 5) is 51.1. The van der Waals surface area contributed by atoms with Crippen molar-refractivity contribution in [1.82, 2.24) is 41.2 Å². The largest absolute Gasteiger partial charge is 0.471 e. The molecular weight excluding hydrogens is 570 g/mol. The number of aromatic amines is 1. The lowest BCUT2D eigenvalue weighted by Gasteiger charge is -2.16. The highest BCUT2D eigenvalue weighted by Gasteiger charge is 2.42. The van der Waals surface area contributed by atoms with Crippen LogP contribution in [0.5, 0.6) is 5.88 Å². The third-order valence-corrected chi connectivity index (χ3v) is 9.15. The van der Waals surface area contributed by atoms with Crippen LogP contribution in [0.25, 0.3) is 11.2 Å². The molecule has 2 fully saturated rings. The quantitative estimate of drug-likeness (QED) is 0.105. The minimum Gasteiger partial charge on any atom is -0.471 e. The Bertz CT molecular complexity index is 1400. The second-order valence-corrected chi connectivity index (χ2v) is 12.2. The van der Waals surface area contributed by atoms with Crippen LogP contribution in [-0.4, -0.2) is 67.4 Å². The second-order valence-electron chi connectivity index (χ2n) is 10.9. The number of ether oxygens (including phenoxy) is 1. The lowest BCUT2D eigenvalue weighted by atomic mass is 10.0. The minimum absolute atomic E-state index is 0.0149. The predicted octanol–water partition coefficient (Wildman–Crippen LogP) is 2.53. The standard InChI is InChI=1S/C29H39N9O4S/c30-28-37-26-25(33-17-34-26)27(38-28)42-15-19-11-9-18(10-12-19)14-32-23(40)7-2-1-5-13-31-22(39)8-4-3-6-21-24-20(16-43-21)35-29(41)36-24/h9-12,17,20-21,24H,1-8,13-16H2,(H,31,39)(H,32,40)(H2,35,36,41)(H3,30,33,34,37,38)/t20-,21-,24-/m0/s1. The molecule has 0 radical (unpaired) electrons. The van der Waals surface area contributed by atoms with Crippen molar-refractivity contribution in [2.45, 2.75) is 81.9 Å². The summed E-state index contributed by atoms with van der Waals surface area (Å²) in [5.41, 5.74) is 8.72. The van der Waals surface area contributed by atoms with E-state index in [4.69, 9.17) is 10.5 Å². The molecule has 7 N–H and O–H groups in total. The molecule has 0 aliphatic carbocycles. The number of imidazole rings is 1. The van der Waals surface area contributed by atoms with Gasteiger partial charge in [0.15, 0.2) is 5.65 Å². The number of nitrogens with zero attached hydrogens (tertiary/aromatic N) is 3. The van der Waals surface area contributed by atoms with Gasteiger partial charge in [-0.1, -0.05) is 37.1 Å². The summed E-state index contributed by atoms with van der Waals surface area (Å²) in [5, 5.41) is 12.3. The van der Waals surface area contributed by atoms with E-state index in [2.05, 4.69) is 41.2 Å². The van der Waals surface area contributed by atoms with Gasteiger partial charge in [-0.05, 0) is 36.8 Å². The molecular formula is C29H39N9O4S. The van der Waals surface area contributed by atoms with E-state index >= 15 is 0 Å². The molecule has 2 aromatic heterocycles. The zero-order valence-electron chi connectivity index (χ0n) is 24.1. The summed E-state index contributed by atoms with van der Waals surface area (Å²) < 4.78 is 5.81. The van der Waals surface area contributed by atoms with Crippen molar-refractivity contribution in [2.24, 2.45) is 0 Å². The van der Waals surface area contributed by atoms with E-state index in [0.29, 0.717) is 54.8 Å². The molecule has 14 heteroatoms. The molecule has 4 amide bonds. The Morgan fingerprint density at radius 2 is 1.74 bits per heavy atom. The number of thioether (sulfide) groups is 1. The van der Waals surface area contributed by atoms with Crippen LogP contribution in [0.4, 0.5) is 10.7 Å². The summed E-state index contributed by atoms with van der Waals surface area (Å²) >= 11 is 1.90. The van der Waals surface area contributed by atoms with Crippen LogP contribution in [0.3, 0.4) is 0 Å². The minimum atomic E-state index is -0.0607. The Morgan fingerprint density at radius 3 is 2.58 bits per heavy atom. The number of H-pyrrole nitrogens is 1. The van der Waals surface area contributed by atoms with Crippen LogP contribution in [0.15, 0.2) is 30.6 Å². The smallest absolute Gasteiger partial charge is 0.315 e. The van der Waals surface area contributed by atoms with E-state index in [1.54, 1.807) is 0 Å². The van der Waals surface area contributed by atoms with Gasteiger partial charge in [-0.15, -0.1) is 0 Å². The zero-order chi connectivity index (χ0) is 30.0. The van der Waals surface area contributed by atoms with E-state index in [0.717, 1.165) is 55.4 Å². The van der Waals surface area contributed by atoms with Crippen molar-refractivity contribution in [3.63, 3.8) is 0 Å². The second kappa shape index (κ2) is 14.9. The number of nitrogen functional groups attached to an aromatic ring is 1. The molecule has 2 aliphatic rings. The van der Waals surface area contributed by atoms with Crippen molar-refractivity contribution < 1.29 is 19.1 Å². The van der Waals surface area contributed by atoms with Crippen molar-refractivity contribution in [2.75, 3.05) is 18.0 Å². The van der Waals surface area contributed by atoms with Gasteiger partial charge in [-0.25, -0.2) is 9.78 Å². The third kappa shape index (κ3) is 8.72. The first kappa shape index (κ1) is 30.4. The van der Waals surface area contributed by atoms with Gasteiger partial charge in [-0.3, -0.25) is 9.59 Å². The summed E-state index contributed by atoms with van der Waals surface area (Å²) in [5.74, 6) is 1.50. The van der Waals surface area contributed by atoms with Crippen molar-refractivity contribution in [3.05, 3.63) is 41.7 Å². The maximum atomic E-state index is 12.3. The summed E-state index contributed by atoms with van der Waals surface area (Å²) in [6, 6.07) is 8.21. The molecule has 5 rings (SSSR count). The number of hydrogen-bond acceptors (Lipinski definition) is 9. The molecule has 230 valence electrons. The molecule has 1 aromatic carbocycles. The summed E-state index contributed by atoms with van der Waals surface area (Å²) in [7, 11) is 0. The molecule has 43 heavy (non-hydrogen) atoms. The number of hydrogen-bond donors (Lipinski definition) is 6. The molecule has 0 spiro atoms. The van der Waals surface area contributed by atoms with Crippen LogP contribution in [-0.2, 0) is 22.7 Å². The number of rotatable bonds is 16. The average molecular weight is 610 g/mol. The molecule has 2 saturated heterocycles. The van der Waals surface area contributed by atoms with Crippen LogP contribution in [0, 0.1) is 0 Å². The van der Waals surface area contributed by atoms with E-state index in [1.807, 2.05) is 36.0 Å². The number of carbonyl (C=O) groups excluding carboxylic acids is 3. The first-order valence-electron chi connectivity index (χ1n) is 14.8. The van der Waals surface area contributed by atoms with Crippen molar-refractivity contribution in [1.29, 1.82) is 0 Å². The Hall–Kier alpha value is -4.07. The topological polar surface area (TPSA) is 189 Å². The molecule has 0 saturated carbocycles. The number of amides is 4. The molecule has 3 aromatic rings. The van der Waals surface area contributed by atoms with Crippen LogP contribution in [0.1, 0.15) is 62.5 Å². The first-order valence-corrected chi connectivity index (χ1v) is 15.9. The monoisotopic (exact) mass is 609 g/mol. The van der Waals surface area contributed by atoms with E-state index < -0.39 is 0 Å². The van der Waals surface area contributed by atoms with Gasteiger partial charge in [0, 0.05) is 36.9 Å². The number of nitrogens with two attached hydrogens (primary N) is 1. The normalized spacial score (nSPS) is 19.1. The average Bonchev–Trinajstić information content (AvgIpc) is 3.71. The highest BCUT2D eigenvalue weighted by Crippen LogP contribution is 2.33. The van der Waals surface area contributed by atoms with E-state index in [1.165, 1.54) is 6.33 Å². The Kier molecular flexibility index (Phi) is 10.5. The fourth-order valence-corrected chi connectivity index (χ4v) is 6.84. The van der Waals surface area contributed by atoms with Gasteiger partial charge in [0.1, 0.15) is 12.1 Å². The van der Waals surface area contributed by atoms with E-state index in [9.17, 15) is 14.4 Å². The lowest BCUT2D eigenvalue weighted by molar-refractivity contribution is -0.122.